The lowest BCUT2D eigenvalue weighted by Crippen LogP contribution is -2.06. The largest absolute Gasteiger partial charge is 0.466 e. The molecule has 0 saturated carbocycles. The minimum absolute atomic E-state index is 0.290. The van der Waals surface area contributed by atoms with Crippen LogP contribution in [0, 0.1) is 0 Å². The molecule has 3 nitrogen and oxygen atoms in total. The van der Waals surface area contributed by atoms with Crippen LogP contribution in [0.4, 0.5) is 0 Å². The number of aromatic nitrogens is 1. The van der Waals surface area contributed by atoms with Crippen molar-refractivity contribution >= 4 is 5.97 Å². The van der Waals surface area contributed by atoms with Crippen molar-refractivity contribution in [1.82, 2.24) is 4.98 Å². The maximum Gasteiger partial charge on any atom is 0.333 e. The van der Waals surface area contributed by atoms with Crippen LogP contribution >= 0.6 is 0 Å². The van der Waals surface area contributed by atoms with Gasteiger partial charge in [0.15, 0.2) is 0 Å². The Hall–Kier alpha value is -1.90. The van der Waals surface area contributed by atoms with Crippen molar-refractivity contribution in [3.05, 3.63) is 53.4 Å². The molecular weight excluding hydrogens is 226 g/mol. The van der Waals surface area contributed by atoms with E-state index in [0.717, 1.165) is 17.7 Å². The molecule has 18 heavy (non-hydrogen) atoms. The van der Waals surface area contributed by atoms with Crippen molar-refractivity contribution in [2.75, 3.05) is 7.11 Å². The van der Waals surface area contributed by atoms with E-state index in [1.54, 1.807) is 13.1 Å². The fourth-order valence-corrected chi connectivity index (χ4v) is 1.56. The molecule has 1 aromatic rings. The van der Waals surface area contributed by atoms with Crippen LogP contribution in [0.15, 0.2) is 47.7 Å². The van der Waals surface area contributed by atoms with Gasteiger partial charge in [0.25, 0.3) is 0 Å². The molecule has 0 N–H and O–H groups in total. The fraction of sp³-hybridized carbons (Fsp3) is 0.333. The van der Waals surface area contributed by atoms with E-state index in [9.17, 15) is 4.79 Å². The fourth-order valence-electron chi connectivity index (χ4n) is 1.56. The lowest BCUT2D eigenvalue weighted by molar-refractivity contribution is -0.136. The first kappa shape index (κ1) is 14.2. The minimum atomic E-state index is -0.290. The monoisotopic (exact) mass is 245 g/mol. The Balaban J connectivity index is 2.99. The number of pyridine rings is 1. The molecule has 0 aliphatic rings. The lowest BCUT2D eigenvalue weighted by atomic mass is 10.0. The Bertz CT molecular complexity index is 447. The van der Waals surface area contributed by atoms with E-state index in [1.807, 2.05) is 30.4 Å². The lowest BCUT2D eigenvalue weighted by Gasteiger charge is -2.07. The number of ether oxygens (including phenoxy) is 1. The van der Waals surface area contributed by atoms with Gasteiger partial charge in [-0.2, -0.15) is 0 Å². The summed E-state index contributed by atoms with van der Waals surface area (Å²) < 4.78 is 4.76. The Kier molecular flexibility index (Phi) is 5.85. The van der Waals surface area contributed by atoms with E-state index in [0.29, 0.717) is 12.0 Å². The summed E-state index contributed by atoms with van der Waals surface area (Å²) in [6.07, 6.45) is 7.33. The van der Waals surface area contributed by atoms with E-state index >= 15 is 0 Å². The molecule has 0 radical (unpaired) electrons. The predicted octanol–water partition coefficient (Wildman–Crippen LogP) is 3.08. The number of allylic oxidation sites excluding steroid dienone is 3. The highest BCUT2D eigenvalue weighted by molar-refractivity contribution is 5.89. The molecule has 0 aliphatic carbocycles. The van der Waals surface area contributed by atoms with Gasteiger partial charge in [0.05, 0.1) is 7.11 Å². The van der Waals surface area contributed by atoms with Crippen LogP contribution in [-0.2, 0) is 16.0 Å². The molecule has 0 aromatic carbocycles. The number of nitrogens with zero attached hydrogens (tertiary/aromatic N) is 1. The van der Waals surface area contributed by atoms with Crippen LogP contribution in [0.3, 0.4) is 0 Å². The Morgan fingerprint density at radius 2 is 2.22 bits per heavy atom. The molecule has 1 heterocycles. The maximum absolute atomic E-state index is 11.6. The van der Waals surface area contributed by atoms with Crippen LogP contribution in [-0.4, -0.2) is 18.1 Å². The molecule has 0 spiro atoms. The molecule has 1 rings (SSSR count). The molecular formula is C15H19NO2. The maximum atomic E-state index is 11.6. The van der Waals surface area contributed by atoms with Crippen molar-refractivity contribution in [3.8, 4) is 0 Å². The zero-order valence-corrected chi connectivity index (χ0v) is 11.1. The summed E-state index contributed by atoms with van der Waals surface area (Å²) in [5, 5.41) is 0. The van der Waals surface area contributed by atoms with Gasteiger partial charge in [-0.1, -0.05) is 25.1 Å². The molecule has 0 amide bonds. The van der Waals surface area contributed by atoms with E-state index in [4.69, 9.17) is 4.74 Å². The number of methoxy groups -OCH3 is 1. The highest BCUT2D eigenvalue weighted by Crippen LogP contribution is 2.14. The first-order chi connectivity index (χ1) is 8.69. The van der Waals surface area contributed by atoms with Gasteiger partial charge < -0.3 is 4.74 Å². The number of rotatable bonds is 5. The van der Waals surface area contributed by atoms with Crippen LogP contribution < -0.4 is 0 Å². The zero-order valence-electron chi connectivity index (χ0n) is 11.1. The van der Waals surface area contributed by atoms with Gasteiger partial charge >= 0.3 is 5.97 Å². The highest BCUT2D eigenvalue weighted by Gasteiger charge is 2.09. The van der Waals surface area contributed by atoms with Gasteiger partial charge in [0.1, 0.15) is 0 Å². The average Bonchev–Trinajstić information content (AvgIpc) is 2.42. The van der Waals surface area contributed by atoms with Gasteiger partial charge in [0.2, 0.25) is 0 Å². The summed E-state index contributed by atoms with van der Waals surface area (Å²) in [6.45, 7) is 3.84. The number of hydrogen-bond donors (Lipinski definition) is 0. The summed E-state index contributed by atoms with van der Waals surface area (Å²) >= 11 is 0. The first-order valence-electron chi connectivity index (χ1n) is 6.03. The van der Waals surface area contributed by atoms with Crippen molar-refractivity contribution in [1.29, 1.82) is 0 Å². The molecule has 0 unspecified atom stereocenters. The Labute approximate surface area is 108 Å². The van der Waals surface area contributed by atoms with Crippen LogP contribution in [0.1, 0.15) is 26.0 Å². The standard InChI is InChI=1S/C15H19NO2/c1-4-5-8-13(12(2)15(17)18-3)11-14-9-6-7-10-16-14/h5-10H,4,11H2,1-3H3/b8-5-,13-12-. The Morgan fingerprint density at radius 3 is 2.78 bits per heavy atom. The minimum Gasteiger partial charge on any atom is -0.466 e. The molecule has 0 saturated heterocycles. The van der Waals surface area contributed by atoms with Crippen molar-refractivity contribution in [2.45, 2.75) is 26.7 Å². The quantitative estimate of drug-likeness (QED) is 0.454. The molecule has 0 bridgehead atoms. The van der Waals surface area contributed by atoms with Crippen LogP contribution in [0.25, 0.3) is 0 Å². The second kappa shape index (κ2) is 7.43. The second-order valence-electron chi connectivity index (χ2n) is 3.95. The summed E-state index contributed by atoms with van der Waals surface area (Å²) in [6, 6.07) is 5.77. The third-order valence-electron chi connectivity index (χ3n) is 2.63. The highest BCUT2D eigenvalue weighted by atomic mass is 16.5. The van der Waals surface area contributed by atoms with E-state index in [1.165, 1.54) is 7.11 Å². The molecule has 0 aliphatic heterocycles. The normalized spacial score (nSPS) is 12.4. The Morgan fingerprint density at radius 1 is 1.44 bits per heavy atom. The van der Waals surface area contributed by atoms with Gasteiger partial charge in [-0.15, -0.1) is 0 Å². The summed E-state index contributed by atoms with van der Waals surface area (Å²) in [7, 11) is 1.40. The van der Waals surface area contributed by atoms with Crippen LogP contribution in [0.5, 0.6) is 0 Å². The topological polar surface area (TPSA) is 39.2 Å². The van der Waals surface area contributed by atoms with Crippen molar-refractivity contribution < 1.29 is 9.53 Å². The first-order valence-corrected chi connectivity index (χ1v) is 6.03. The van der Waals surface area contributed by atoms with Crippen LogP contribution in [0.2, 0.25) is 0 Å². The SMILES string of the molecule is CC/C=C\C(Cc1ccccn1)=C(/C)C(=O)OC. The molecule has 3 heteroatoms. The second-order valence-corrected chi connectivity index (χ2v) is 3.95. The molecule has 1 aromatic heterocycles. The molecule has 96 valence electrons. The third kappa shape index (κ3) is 4.17. The number of carbonyl (C=O) groups excluding carboxylic acids is 1. The van der Waals surface area contributed by atoms with E-state index < -0.39 is 0 Å². The van der Waals surface area contributed by atoms with Gasteiger partial charge in [-0.05, 0) is 31.1 Å². The summed E-state index contributed by atoms with van der Waals surface area (Å²) in [4.78, 5) is 15.8. The molecule has 0 fully saturated rings. The van der Waals surface area contributed by atoms with Crippen molar-refractivity contribution in [3.63, 3.8) is 0 Å². The average molecular weight is 245 g/mol. The zero-order chi connectivity index (χ0) is 13.4. The third-order valence-corrected chi connectivity index (χ3v) is 2.63. The van der Waals surface area contributed by atoms with Crippen molar-refractivity contribution in [2.24, 2.45) is 0 Å². The van der Waals surface area contributed by atoms with Gasteiger partial charge in [0, 0.05) is 23.9 Å². The number of hydrogen-bond acceptors (Lipinski definition) is 3. The summed E-state index contributed by atoms with van der Waals surface area (Å²) in [5.74, 6) is -0.290. The smallest absolute Gasteiger partial charge is 0.333 e. The van der Waals surface area contributed by atoms with Gasteiger partial charge in [-0.3, -0.25) is 4.98 Å². The van der Waals surface area contributed by atoms with E-state index in [-0.39, 0.29) is 5.97 Å². The number of carbonyl (C=O) groups is 1. The predicted molar refractivity (Wildman–Crippen MR) is 72.1 cm³/mol. The molecule has 0 atom stereocenters. The van der Waals surface area contributed by atoms with Gasteiger partial charge in [-0.25, -0.2) is 4.79 Å². The summed E-state index contributed by atoms with van der Waals surface area (Å²) in [5.41, 5.74) is 2.52. The van der Waals surface area contributed by atoms with E-state index in [2.05, 4.69) is 11.9 Å². The number of esters is 1.